The first-order valence-corrected chi connectivity index (χ1v) is 5.68. The van der Waals surface area contributed by atoms with Gasteiger partial charge in [-0.1, -0.05) is 6.92 Å². The van der Waals surface area contributed by atoms with Crippen LogP contribution in [0, 0.1) is 18.8 Å². The van der Waals surface area contributed by atoms with Crippen LogP contribution < -0.4 is 5.32 Å². The Morgan fingerprint density at radius 1 is 1.50 bits per heavy atom. The standard InChI is InChI=1S/C13H17NO2/c1-8-7-11(15)5-6-12(8)14-13(16)9(2)10-3-4-10/h5-7,9-10,15H,3-4H2,1-2H3,(H,14,16). The van der Waals surface area contributed by atoms with E-state index in [4.69, 9.17) is 0 Å². The highest BCUT2D eigenvalue weighted by Crippen LogP contribution is 2.37. The van der Waals surface area contributed by atoms with Crippen LogP contribution in [0.2, 0.25) is 0 Å². The molecule has 0 spiro atoms. The van der Waals surface area contributed by atoms with Crippen molar-refractivity contribution in [1.29, 1.82) is 0 Å². The summed E-state index contributed by atoms with van der Waals surface area (Å²) in [7, 11) is 0. The molecule has 3 heteroatoms. The molecular formula is C13H17NO2. The average Bonchev–Trinajstić information content (AvgIpc) is 3.04. The second-order valence-corrected chi connectivity index (χ2v) is 4.61. The highest BCUT2D eigenvalue weighted by Gasteiger charge is 2.32. The number of phenols is 1. The minimum Gasteiger partial charge on any atom is -0.508 e. The van der Waals surface area contributed by atoms with Crippen LogP contribution in [-0.4, -0.2) is 11.0 Å². The minimum atomic E-state index is 0.0799. The van der Waals surface area contributed by atoms with E-state index in [1.165, 1.54) is 12.8 Å². The lowest BCUT2D eigenvalue weighted by molar-refractivity contribution is -0.119. The smallest absolute Gasteiger partial charge is 0.227 e. The summed E-state index contributed by atoms with van der Waals surface area (Å²) in [5, 5.41) is 12.2. The Bertz CT molecular complexity index is 410. The van der Waals surface area contributed by atoms with E-state index in [1.807, 2.05) is 13.8 Å². The van der Waals surface area contributed by atoms with Crippen LogP contribution in [0.5, 0.6) is 5.75 Å². The molecule has 16 heavy (non-hydrogen) atoms. The zero-order chi connectivity index (χ0) is 11.7. The van der Waals surface area contributed by atoms with Crippen LogP contribution in [0.4, 0.5) is 5.69 Å². The first kappa shape index (κ1) is 11.0. The van der Waals surface area contributed by atoms with E-state index in [0.717, 1.165) is 11.3 Å². The van der Waals surface area contributed by atoms with Gasteiger partial charge in [-0.05, 0) is 49.4 Å². The van der Waals surface area contributed by atoms with Crippen LogP contribution in [-0.2, 0) is 4.79 Å². The fourth-order valence-corrected chi connectivity index (χ4v) is 1.84. The molecule has 86 valence electrons. The fourth-order valence-electron chi connectivity index (χ4n) is 1.84. The number of hydrogen-bond donors (Lipinski definition) is 2. The molecule has 3 nitrogen and oxygen atoms in total. The number of phenolic OH excluding ortho intramolecular Hbond substituents is 1. The number of nitrogens with one attached hydrogen (secondary N) is 1. The lowest BCUT2D eigenvalue weighted by Crippen LogP contribution is -2.22. The highest BCUT2D eigenvalue weighted by atomic mass is 16.3. The summed E-state index contributed by atoms with van der Waals surface area (Å²) in [5.41, 5.74) is 1.67. The number of amides is 1. The van der Waals surface area contributed by atoms with Gasteiger partial charge in [0.25, 0.3) is 0 Å². The zero-order valence-electron chi connectivity index (χ0n) is 9.66. The van der Waals surface area contributed by atoms with Crippen molar-refractivity contribution in [2.75, 3.05) is 5.32 Å². The fraction of sp³-hybridized carbons (Fsp3) is 0.462. The number of benzene rings is 1. The van der Waals surface area contributed by atoms with E-state index in [0.29, 0.717) is 5.92 Å². The quantitative estimate of drug-likeness (QED) is 0.768. The van der Waals surface area contributed by atoms with Crippen molar-refractivity contribution in [2.45, 2.75) is 26.7 Å². The first-order chi connectivity index (χ1) is 7.58. The molecule has 1 aromatic carbocycles. The first-order valence-electron chi connectivity index (χ1n) is 5.68. The van der Waals surface area contributed by atoms with Gasteiger partial charge in [-0.25, -0.2) is 0 Å². The molecule has 1 saturated carbocycles. The summed E-state index contributed by atoms with van der Waals surface area (Å²) in [6.45, 7) is 3.85. The molecule has 2 N–H and O–H groups in total. The van der Waals surface area contributed by atoms with E-state index >= 15 is 0 Å². The molecule has 0 bridgehead atoms. The summed E-state index contributed by atoms with van der Waals surface area (Å²) in [4.78, 5) is 11.9. The number of hydrogen-bond acceptors (Lipinski definition) is 2. The van der Waals surface area contributed by atoms with Gasteiger partial charge in [0.15, 0.2) is 0 Å². The van der Waals surface area contributed by atoms with Crippen molar-refractivity contribution in [3.05, 3.63) is 23.8 Å². The zero-order valence-corrected chi connectivity index (χ0v) is 9.66. The van der Waals surface area contributed by atoms with Gasteiger partial charge in [-0.2, -0.15) is 0 Å². The molecule has 0 heterocycles. The van der Waals surface area contributed by atoms with Crippen LogP contribution in [0.25, 0.3) is 0 Å². The number of aromatic hydroxyl groups is 1. The van der Waals surface area contributed by atoms with Crippen LogP contribution in [0.3, 0.4) is 0 Å². The molecule has 2 rings (SSSR count). The lowest BCUT2D eigenvalue weighted by Gasteiger charge is -2.13. The van der Waals surface area contributed by atoms with Crippen molar-refractivity contribution < 1.29 is 9.90 Å². The van der Waals surface area contributed by atoms with E-state index in [9.17, 15) is 9.90 Å². The summed E-state index contributed by atoms with van der Waals surface area (Å²) < 4.78 is 0. The Kier molecular flexibility index (Phi) is 2.86. The largest absolute Gasteiger partial charge is 0.508 e. The van der Waals surface area contributed by atoms with E-state index in [2.05, 4.69) is 5.32 Å². The third-order valence-corrected chi connectivity index (χ3v) is 3.21. The van der Waals surface area contributed by atoms with Crippen molar-refractivity contribution in [2.24, 2.45) is 11.8 Å². The molecule has 0 radical (unpaired) electrons. The van der Waals surface area contributed by atoms with E-state index in [-0.39, 0.29) is 17.6 Å². The summed E-state index contributed by atoms with van der Waals surface area (Å²) in [6.07, 6.45) is 2.34. The number of aryl methyl sites for hydroxylation is 1. The molecule has 0 aliphatic heterocycles. The van der Waals surface area contributed by atoms with Gasteiger partial charge in [-0.3, -0.25) is 4.79 Å². The normalized spacial score (nSPS) is 16.9. The van der Waals surface area contributed by atoms with Gasteiger partial charge in [0.2, 0.25) is 5.91 Å². The van der Waals surface area contributed by atoms with Crippen LogP contribution in [0.1, 0.15) is 25.3 Å². The predicted molar refractivity (Wildman–Crippen MR) is 63.4 cm³/mol. The Labute approximate surface area is 95.5 Å². The van der Waals surface area contributed by atoms with Gasteiger partial charge in [-0.15, -0.1) is 0 Å². The van der Waals surface area contributed by atoms with Gasteiger partial charge in [0.1, 0.15) is 5.75 Å². The van der Waals surface area contributed by atoms with E-state index < -0.39 is 0 Å². The van der Waals surface area contributed by atoms with Gasteiger partial charge in [0, 0.05) is 11.6 Å². The Hall–Kier alpha value is -1.51. The Morgan fingerprint density at radius 2 is 2.19 bits per heavy atom. The molecule has 0 saturated heterocycles. The van der Waals surface area contributed by atoms with Crippen molar-refractivity contribution in [1.82, 2.24) is 0 Å². The number of carbonyl (C=O) groups is 1. The second-order valence-electron chi connectivity index (χ2n) is 4.61. The molecule has 1 fully saturated rings. The monoisotopic (exact) mass is 219 g/mol. The number of rotatable bonds is 3. The predicted octanol–water partition coefficient (Wildman–Crippen LogP) is 2.69. The van der Waals surface area contributed by atoms with Gasteiger partial charge in [0.05, 0.1) is 0 Å². The van der Waals surface area contributed by atoms with Crippen molar-refractivity contribution in [3.8, 4) is 5.75 Å². The molecule has 1 aliphatic carbocycles. The second kappa shape index (κ2) is 4.16. The highest BCUT2D eigenvalue weighted by molar-refractivity contribution is 5.93. The SMILES string of the molecule is Cc1cc(O)ccc1NC(=O)C(C)C1CC1. The molecule has 1 amide bonds. The van der Waals surface area contributed by atoms with Crippen molar-refractivity contribution >= 4 is 11.6 Å². The third-order valence-electron chi connectivity index (χ3n) is 3.21. The van der Waals surface area contributed by atoms with Gasteiger partial charge < -0.3 is 10.4 Å². The average molecular weight is 219 g/mol. The summed E-state index contributed by atoms with van der Waals surface area (Å²) in [5.74, 6) is 0.965. The Balaban J connectivity index is 2.05. The summed E-state index contributed by atoms with van der Waals surface area (Å²) in [6, 6.07) is 4.98. The lowest BCUT2D eigenvalue weighted by atomic mass is 10.1. The van der Waals surface area contributed by atoms with Crippen LogP contribution >= 0.6 is 0 Å². The minimum absolute atomic E-state index is 0.0799. The third kappa shape index (κ3) is 2.35. The van der Waals surface area contributed by atoms with E-state index in [1.54, 1.807) is 18.2 Å². The maximum absolute atomic E-state index is 11.9. The Morgan fingerprint density at radius 3 is 2.75 bits per heavy atom. The maximum atomic E-state index is 11.9. The van der Waals surface area contributed by atoms with Gasteiger partial charge >= 0.3 is 0 Å². The summed E-state index contributed by atoms with van der Waals surface area (Å²) >= 11 is 0. The molecule has 1 unspecified atom stereocenters. The molecule has 1 aromatic rings. The number of carbonyl (C=O) groups excluding carboxylic acids is 1. The van der Waals surface area contributed by atoms with Crippen LogP contribution in [0.15, 0.2) is 18.2 Å². The van der Waals surface area contributed by atoms with Crippen molar-refractivity contribution in [3.63, 3.8) is 0 Å². The number of anilines is 1. The molecule has 1 atom stereocenters. The molecule has 1 aliphatic rings. The molecular weight excluding hydrogens is 202 g/mol. The topological polar surface area (TPSA) is 49.3 Å². The molecule has 0 aromatic heterocycles. The maximum Gasteiger partial charge on any atom is 0.227 e.